The SMILES string of the molecule is C1=CCC(CNc2cccc(-c3ccn[nH]3)c2)CC1. The Balaban J connectivity index is 1.65. The molecule has 3 heteroatoms. The minimum Gasteiger partial charge on any atom is -0.385 e. The van der Waals surface area contributed by atoms with Crippen LogP contribution in [0.15, 0.2) is 48.7 Å². The zero-order chi connectivity index (χ0) is 12.9. The van der Waals surface area contributed by atoms with Gasteiger partial charge >= 0.3 is 0 Å². The zero-order valence-corrected chi connectivity index (χ0v) is 11.0. The molecule has 0 bridgehead atoms. The minimum atomic E-state index is 0.765. The number of aromatic amines is 1. The van der Waals surface area contributed by atoms with Crippen LogP contribution in [0.5, 0.6) is 0 Å². The molecule has 0 amide bonds. The van der Waals surface area contributed by atoms with Gasteiger partial charge in [0.2, 0.25) is 0 Å². The van der Waals surface area contributed by atoms with Crippen molar-refractivity contribution in [1.82, 2.24) is 10.2 Å². The van der Waals surface area contributed by atoms with Crippen molar-refractivity contribution in [1.29, 1.82) is 0 Å². The molecule has 2 N–H and O–H groups in total. The van der Waals surface area contributed by atoms with Crippen LogP contribution in [0.4, 0.5) is 5.69 Å². The van der Waals surface area contributed by atoms with Crippen LogP contribution >= 0.6 is 0 Å². The minimum absolute atomic E-state index is 0.765. The molecule has 0 fully saturated rings. The van der Waals surface area contributed by atoms with E-state index in [1.165, 1.54) is 30.5 Å². The van der Waals surface area contributed by atoms with Crippen molar-refractivity contribution in [2.75, 3.05) is 11.9 Å². The monoisotopic (exact) mass is 253 g/mol. The maximum atomic E-state index is 3.99. The highest BCUT2D eigenvalue weighted by Gasteiger charge is 2.09. The molecule has 0 saturated heterocycles. The summed E-state index contributed by atoms with van der Waals surface area (Å²) in [6.45, 7) is 1.05. The maximum absolute atomic E-state index is 3.99. The van der Waals surface area contributed by atoms with Gasteiger partial charge in [-0.3, -0.25) is 5.10 Å². The maximum Gasteiger partial charge on any atom is 0.0650 e. The summed E-state index contributed by atoms with van der Waals surface area (Å²) in [4.78, 5) is 0. The van der Waals surface area contributed by atoms with Crippen molar-refractivity contribution in [2.45, 2.75) is 19.3 Å². The Hall–Kier alpha value is -2.03. The van der Waals surface area contributed by atoms with Crippen molar-refractivity contribution in [2.24, 2.45) is 5.92 Å². The second-order valence-electron chi connectivity index (χ2n) is 5.08. The smallest absolute Gasteiger partial charge is 0.0650 e. The molecule has 1 aliphatic carbocycles. The van der Waals surface area contributed by atoms with E-state index in [0.717, 1.165) is 18.2 Å². The summed E-state index contributed by atoms with van der Waals surface area (Å²) >= 11 is 0. The summed E-state index contributed by atoms with van der Waals surface area (Å²) in [5.74, 6) is 0.765. The molecule has 2 aromatic rings. The van der Waals surface area contributed by atoms with Gasteiger partial charge in [-0.25, -0.2) is 0 Å². The van der Waals surface area contributed by atoms with Gasteiger partial charge in [-0.05, 0) is 43.4 Å². The van der Waals surface area contributed by atoms with Crippen LogP contribution in [0.25, 0.3) is 11.3 Å². The first kappa shape index (κ1) is 12.0. The van der Waals surface area contributed by atoms with Crippen LogP contribution < -0.4 is 5.32 Å². The molecule has 0 radical (unpaired) electrons. The van der Waals surface area contributed by atoms with Crippen LogP contribution in [0.1, 0.15) is 19.3 Å². The van der Waals surface area contributed by atoms with Crippen molar-refractivity contribution >= 4 is 5.69 Å². The average molecular weight is 253 g/mol. The van der Waals surface area contributed by atoms with E-state index in [-0.39, 0.29) is 0 Å². The van der Waals surface area contributed by atoms with Crippen molar-refractivity contribution < 1.29 is 0 Å². The molecule has 1 aromatic heterocycles. The Morgan fingerprint density at radius 2 is 2.26 bits per heavy atom. The summed E-state index contributed by atoms with van der Waals surface area (Å²) in [5, 5.41) is 10.5. The van der Waals surface area contributed by atoms with Crippen LogP contribution in [-0.2, 0) is 0 Å². The van der Waals surface area contributed by atoms with E-state index in [1.54, 1.807) is 6.20 Å². The average Bonchev–Trinajstić information content (AvgIpc) is 3.01. The predicted molar refractivity (Wildman–Crippen MR) is 79.0 cm³/mol. The summed E-state index contributed by atoms with van der Waals surface area (Å²) < 4.78 is 0. The van der Waals surface area contributed by atoms with Gasteiger partial charge in [0, 0.05) is 24.0 Å². The van der Waals surface area contributed by atoms with E-state index in [4.69, 9.17) is 0 Å². The van der Waals surface area contributed by atoms with Crippen LogP contribution in [0.3, 0.4) is 0 Å². The molecule has 1 aliphatic rings. The third-order valence-corrected chi connectivity index (χ3v) is 3.65. The normalized spacial score (nSPS) is 18.4. The van der Waals surface area contributed by atoms with E-state index in [9.17, 15) is 0 Å². The Morgan fingerprint density at radius 3 is 3.05 bits per heavy atom. The second kappa shape index (κ2) is 5.74. The highest BCUT2D eigenvalue weighted by molar-refractivity contribution is 5.64. The van der Waals surface area contributed by atoms with Gasteiger partial charge in [0.25, 0.3) is 0 Å². The molecule has 1 heterocycles. The molecular formula is C16H19N3. The molecule has 98 valence electrons. The first-order valence-electron chi connectivity index (χ1n) is 6.90. The summed E-state index contributed by atoms with van der Waals surface area (Å²) in [6.07, 6.45) is 10.1. The van der Waals surface area contributed by atoms with Gasteiger partial charge in [0.05, 0.1) is 5.69 Å². The van der Waals surface area contributed by atoms with E-state index in [0.29, 0.717) is 0 Å². The number of aromatic nitrogens is 2. The van der Waals surface area contributed by atoms with Gasteiger partial charge in [0.1, 0.15) is 0 Å². The Labute approximate surface area is 113 Å². The standard InChI is InChI=1S/C16H19N3/c1-2-5-13(6-3-1)12-17-15-8-4-7-14(11-15)16-9-10-18-19-16/h1-2,4,7-11,13,17H,3,5-6,12H2,(H,18,19). The van der Waals surface area contributed by atoms with Gasteiger partial charge in [-0.2, -0.15) is 5.10 Å². The van der Waals surface area contributed by atoms with E-state index < -0.39 is 0 Å². The molecule has 19 heavy (non-hydrogen) atoms. The predicted octanol–water partition coefficient (Wildman–Crippen LogP) is 3.84. The van der Waals surface area contributed by atoms with Gasteiger partial charge < -0.3 is 5.32 Å². The topological polar surface area (TPSA) is 40.7 Å². The highest BCUT2D eigenvalue weighted by Crippen LogP contribution is 2.22. The molecule has 1 atom stereocenters. The third-order valence-electron chi connectivity index (χ3n) is 3.65. The molecule has 0 spiro atoms. The Bertz CT molecular complexity index is 543. The first-order valence-corrected chi connectivity index (χ1v) is 6.90. The van der Waals surface area contributed by atoms with Gasteiger partial charge in [-0.15, -0.1) is 0 Å². The molecule has 0 aliphatic heterocycles. The highest BCUT2D eigenvalue weighted by atomic mass is 15.1. The van der Waals surface area contributed by atoms with E-state index in [2.05, 4.69) is 51.9 Å². The number of benzene rings is 1. The third kappa shape index (κ3) is 3.05. The molecule has 0 saturated carbocycles. The molecule has 1 aromatic carbocycles. The van der Waals surface area contributed by atoms with Gasteiger partial charge in [-0.1, -0.05) is 24.3 Å². The van der Waals surface area contributed by atoms with E-state index in [1.807, 2.05) is 6.07 Å². The Morgan fingerprint density at radius 1 is 1.26 bits per heavy atom. The van der Waals surface area contributed by atoms with Crippen LogP contribution in [0, 0.1) is 5.92 Å². The van der Waals surface area contributed by atoms with Crippen molar-refractivity contribution in [3.05, 3.63) is 48.7 Å². The fourth-order valence-electron chi connectivity index (χ4n) is 2.52. The lowest BCUT2D eigenvalue weighted by Crippen LogP contribution is -2.15. The molecule has 1 unspecified atom stereocenters. The van der Waals surface area contributed by atoms with Gasteiger partial charge in [0.15, 0.2) is 0 Å². The summed E-state index contributed by atoms with van der Waals surface area (Å²) in [7, 11) is 0. The van der Waals surface area contributed by atoms with E-state index >= 15 is 0 Å². The summed E-state index contributed by atoms with van der Waals surface area (Å²) in [6, 6.07) is 10.5. The van der Waals surface area contributed by atoms with Crippen LogP contribution in [-0.4, -0.2) is 16.7 Å². The van der Waals surface area contributed by atoms with Crippen LogP contribution in [0.2, 0.25) is 0 Å². The first-order chi connectivity index (χ1) is 9.42. The fourth-order valence-corrected chi connectivity index (χ4v) is 2.52. The lowest BCUT2D eigenvalue weighted by Gasteiger charge is -2.19. The van der Waals surface area contributed by atoms with Crippen molar-refractivity contribution in [3.8, 4) is 11.3 Å². The number of rotatable bonds is 4. The number of H-pyrrole nitrogens is 1. The quantitative estimate of drug-likeness (QED) is 0.813. The number of nitrogens with zero attached hydrogens (tertiary/aromatic N) is 1. The number of hydrogen-bond acceptors (Lipinski definition) is 2. The molecule has 3 nitrogen and oxygen atoms in total. The lowest BCUT2D eigenvalue weighted by molar-refractivity contribution is 0.504. The second-order valence-corrected chi connectivity index (χ2v) is 5.08. The molecule has 3 rings (SSSR count). The Kier molecular flexibility index (Phi) is 3.63. The van der Waals surface area contributed by atoms with Crippen molar-refractivity contribution in [3.63, 3.8) is 0 Å². The fraction of sp³-hybridized carbons (Fsp3) is 0.312. The number of anilines is 1. The number of nitrogens with one attached hydrogen (secondary N) is 2. The number of hydrogen-bond donors (Lipinski definition) is 2. The molecular weight excluding hydrogens is 234 g/mol. The number of allylic oxidation sites excluding steroid dienone is 2. The lowest BCUT2D eigenvalue weighted by atomic mass is 9.94. The summed E-state index contributed by atoms with van der Waals surface area (Å²) in [5.41, 5.74) is 3.41. The largest absolute Gasteiger partial charge is 0.385 e. The zero-order valence-electron chi connectivity index (χ0n) is 11.0.